The number of benzene rings is 2. The van der Waals surface area contributed by atoms with Crippen molar-refractivity contribution in [2.45, 2.75) is 6.18 Å². The van der Waals surface area contributed by atoms with Crippen LogP contribution in [0.1, 0.15) is 5.56 Å². The molecule has 3 rings (SSSR count). The van der Waals surface area contributed by atoms with Crippen LogP contribution in [-0.4, -0.2) is 4.98 Å². The number of anilines is 2. The topological polar surface area (TPSA) is 24.9 Å². The van der Waals surface area contributed by atoms with Crippen LogP contribution in [0.25, 0.3) is 10.2 Å². The van der Waals surface area contributed by atoms with Crippen LogP contribution in [0.3, 0.4) is 0 Å². The summed E-state index contributed by atoms with van der Waals surface area (Å²) in [6.07, 6.45) is -4.36. The maximum Gasteiger partial charge on any atom is 0.416 e. The highest BCUT2D eigenvalue weighted by Crippen LogP contribution is 2.33. The van der Waals surface area contributed by atoms with E-state index < -0.39 is 11.7 Å². The molecule has 0 radical (unpaired) electrons. The minimum atomic E-state index is -4.36. The first-order chi connectivity index (χ1) is 9.91. The van der Waals surface area contributed by atoms with Crippen LogP contribution in [-0.2, 0) is 6.18 Å². The van der Waals surface area contributed by atoms with Crippen molar-refractivity contribution in [2.24, 2.45) is 0 Å². The molecule has 2 nitrogen and oxygen atoms in total. The van der Waals surface area contributed by atoms with Crippen LogP contribution in [0.2, 0.25) is 5.02 Å². The maximum atomic E-state index is 12.7. The van der Waals surface area contributed by atoms with Gasteiger partial charge in [0.25, 0.3) is 0 Å². The fourth-order valence-corrected chi connectivity index (χ4v) is 3.01. The van der Waals surface area contributed by atoms with Crippen molar-refractivity contribution in [3.05, 3.63) is 53.1 Å². The number of aromatic nitrogens is 1. The minimum Gasteiger partial charge on any atom is -0.332 e. The highest BCUT2D eigenvalue weighted by atomic mass is 35.5. The van der Waals surface area contributed by atoms with Gasteiger partial charge in [-0.2, -0.15) is 13.2 Å². The molecule has 0 spiro atoms. The average molecular weight is 329 g/mol. The predicted octanol–water partition coefficient (Wildman–Crippen LogP) is 5.71. The van der Waals surface area contributed by atoms with Crippen LogP contribution >= 0.6 is 22.9 Å². The van der Waals surface area contributed by atoms with E-state index >= 15 is 0 Å². The maximum absolute atomic E-state index is 12.7. The largest absolute Gasteiger partial charge is 0.416 e. The normalized spacial score (nSPS) is 11.8. The summed E-state index contributed by atoms with van der Waals surface area (Å²) in [5.74, 6) is 0. The van der Waals surface area contributed by atoms with Gasteiger partial charge >= 0.3 is 6.18 Å². The summed E-state index contributed by atoms with van der Waals surface area (Å²) in [6, 6.07) is 10.3. The second-order valence-electron chi connectivity index (χ2n) is 4.33. The molecule has 0 saturated carbocycles. The van der Waals surface area contributed by atoms with E-state index in [2.05, 4.69) is 10.3 Å². The number of hydrogen-bond donors (Lipinski definition) is 1. The second-order valence-corrected chi connectivity index (χ2v) is 5.80. The van der Waals surface area contributed by atoms with Gasteiger partial charge in [0.15, 0.2) is 5.13 Å². The van der Waals surface area contributed by atoms with E-state index in [1.54, 1.807) is 24.3 Å². The zero-order chi connectivity index (χ0) is 15.0. The molecule has 3 aromatic rings. The number of hydrogen-bond acceptors (Lipinski definition) is 3. The van der Waals surface area contributed by atoms with E-state index in [4.69, 9.17) is 11.6 Å². The molecule has 1 N–H and O–H groups in total. The Balaban J connectivity index is 1.91. The Labute approximate surface area is 127 Å². The highest BCUT2D eigenvalue weighted by Gasteiger charge is 2.30. The molecule has 0 unspecified atom stereocenters. The second kappa shape index (κ2) is 5.20. The fraction of sp³-hybridized carbons (Fsp3) is 0.0714. The van der Waals surface area contributed by atoms with Gasteiger partial charge in [-0.25, -0.2) is 4.98 Å². The molecule has 0 saturated heterocycles. The van der Waals surface area contributed by atoms with E-state index in [1.165, 1.54) is 17.4 Å². The number of rotatable bonds is 2. The van der Waals surface area contributed by atoms with E-state index in [-0.39, 0.29) is 0 Å². The summed E-state index contributed by atoms with van der Waals surface area (Å²) >= 11 is 7.22. The Bertz CT molecular complexity index is 798. The molecule has 0 atom stereocenters. The van der Waals surface area contributed by atoms with Crippen molar-refractivity contribution in [1.29, 1.82) is 0 Å². The lowest BCUT2D eigenvalue weighted by Gasteiger charge is -2.08. The zero-order valence-corrected chi connectivity index (χ0v) is 12.0. The van der Waals surface area contributed by atoms with Crippen LogP contribution in [0.4, 0.5) is 24.0 Å². The summed E-state index contributed by atoms with van der Waals surface area (Å²) in [6.45, 7) is 0. The van der Waals surface area contributed by atoms with Gasteiger partial charge in [-0.15, -0.1) is 0 Å². The van der Waals surface area contributed by atoms with Gasteiger partial charge in [-0.3, -0.25) is 0 Å². The molecule has 0 bridgehead atoms. The highest BCUT2D eigenvalue weighted by molar-refractivity contribution is 7.22. The van der Waals surface area contributed by atoms with Gasteiger partial charge in [0.1, 0.15) is 0 Å². The molecule has 0 aliphatic carbocycles. The van der Waals surface area contributed by atoms with E-state index in [1.807, 2.05) is 0 Å². The lowest BCUT2D eigenvalue weighted by Crippen LogP contribution is -2.05. The molecule has 2 aromatic carbocycles. The number of halogens is 4. The monoisotopic (exact) mass is 328 g/mol. The standard InChI is InChI=1S/C14H8ClF3N2S/c15-9-4-5-11-12(7-9)21-13(20-11)19-10-3-1-2-8(6-10)14(16,17)18/h1-7H,(H,19,20). The zero-order valence-electron chi connectivity index (χ0n) is 10.4. The molecule has 7 heteroatoms. The fourth-order valence-electron chi connectivity index (χ4n) is 1.85. The van der Waals surface area contributed by atoms with Crippen LogP contribution in [0.5, 0.6) is 0 Å². The predicted molar refractivity (Wildman–Crippen MR) is 79.4 cm³/mol. The van der Waals surface area contributed by atoms with Crippen LogP contribution < -0.4 is 5.32 Å². The Morgan fingerprint density at radius 1 is 1.10 bits per heavy atom. The lowest BCUT2D eigenvalue weighted by atomic mass is 10.2. The molecular formula is C14H8ClF3N2S. The van der Waals surface area contributed by atoms with Gasteiger partial charge < -0.3 is 5.32 Å². The molecule has 1 aromatic heterocycles. The van der Waals surface area contributed by atoms with Gasteiger partial charge in [-0.05, 0) is 36.4 Å². The lowest BCUT2D eigenvalue weighted by molar-refractivity contribution is -0.137. The summed E-state index contributed by atoms with van der Waals surface area (Å²) in [7, 11) is 0. The number of alkyl halides is 3. The third-order valence-corrected chi connectivity index (χ3v) is 3.96. The molecule has 0 aliphatic heterocycles. The molecule has 0 amide bonds. The molecule has 0 fully saturated rings. The Hall–Kier alpha value is -1.79. The SMILES string of the molecule is FC(F)(F)c1cccc(Nc2nc3ccc(Cl)cc3s2)c1. The number of fused-ring (bicyclic) bond motifs is 1. The smallest absolute Gasteiger partial charge is 0.332 e. The third kappa shape index (κ3) is 3.11. The number of nitrogens with one attached hydrogen (secondary N) is 1. The van der Waals surface area contributed by atoms with Crippen molar-refractivity contribution < 1.29 is 13.2 Å². The summed E-state index contributed by atoms with van der Waals surface area (Å²) < 4.78 is 38.9. The third-order valence-electron chi connectivity index (χ3n) is 2.79. The molecule has 0 aliphatic rings. The van der Waals surface area contributed by atoms with Gasteiger partial charge in [0.05, 0.1) is 15.8 Å². The Kier molecular flexibility index (Phi) is 3.51. The molecule has 21 heavy (non-hydrogen) atoms. The van der Waals surface area contributed by atoms with Gasteiger partial charge in [0.2, 0.25) is 0 Å². The van der Waals surface area contributed by atoms with Crippen LogP contribution in [0, 0.1) is 0 Å². The Morgan fingerprint density at radius 2 is 1.90 bits per heavy atom. The summed E-state index contributed by atoms with van der Waals surface area (Å²) in [4.78, 5) is 4.31. The van der Waals surface area contributed by atoms with E-state index in [9.17, 15) is 13.2 Å². The average Bonchev–Trinajstić information content (AvgIpc) is 2.79. The minimum absolute atomic E-state index is 0.343. The number of nitrogens with zero attached hydrogens (tertiary/aromatic N) is 1. The quantitative estimate of drug-likeness (QED) is 0.651. The summed E-state index contributed by atoms with van der Waals surface area (Å²) in [5, 5.41) is 4.00. The first kappa shape index (κ1) is 14.2. The van der Waals surface area contributed by atoms with Gasteiger partial charge in [0, 0.05) is 10.7 Å². The summed E-state index contributed by atoms with van der Waals surface area (Å²) in [5.41, 5.74) is 0.394. The van der Waals surface area contributed by atoms with Crippen molar-refractivity contribution in [1.82, 2.24) is 4.98 Å². The van der Waals surface area contributed by atoms with E-state index in [0.717, 1.165) is 22.3 Å². The first-order valence-electron chi connectivity index (χ1n) is 5.92. The van der Waals surface area contributed by atoms with Gasteiger partial charge in [-0.1, -0.05) is 29.0 Å². The molecular weight excluding hydrogens is 321 g/mol. The molecule has 1 heterocycles. The van der Waals surface area contributed by atoms with Crippen LogP contribution in [0.15, 0.2) is 42.5 Å². The van der Waals surface area contributed by atoms with Crippen molar-refractivity contribution in [3.8, 4) is 0 Å². The van der Waals surface area contributed by atoms with Crippen molar-refractivity contribution in [3.63, 3.8) is 0 Å². The van der Waals surface area contributed by atoms with Crippen molar-refractivity contribution in [2.75, 3.05) is 5.32 Å². The number of thiazole rings is 1. The first-order valence-corrected chi connectivity index (χ1v) is 7.12. The molecule has 108 valence electrons. The Morgan fingerprint density at radius 3 is 2.67 bits per heavy atom. The van der Waals surface area contributed by atoms with Crippen molar-refractivity contribution >= 4 is 44.0 Å². The van der Waals surface area contributed by atoms with E-state index in [0.29, 0.717) is 15.8 Å².